The van der Waals surface area contributed by atoms with Crippen molar-refractivity contribution in [3.63, 3.8) is 0 Å². The van der Waals surface area contributed by atoms with Crippen LogP contribution in [0.1, 0.15) is 35.9 Å². The van der Waals surface area contributed by atoms with Gasteiger partial charge in [-0.15, -0.1) is 5.10 Å². The minimum atomic E-state index is -0.881. The Kier molecular flexibility index (Phi) is 4.53. The molecule has 1 heterocycles. The number of hydrogen-bond acceptors (Lipinski definition) is 5. The SMILES string of the molecule is Cc1nn(-c2cccc(Cl)c2)nc1C(=O)O[C@@H](C)C(=O)NC1CC1. The largest absolute Gasteiger partial charge is 0.448 e. The first kappa shape index (κ1) is 16.4. The lowest BCUT2D eigenvalue weighted by atomic mass is 10.3. The van der Waals surface area contributed by atoms with Crippen LogP contribution in [-0.4, -0.2) is 39.0 Å². The van der Waals surface area contributed by atoms with E-state index < -0.39 is 12.1 Å². The topological polar surface area (TPSA) is 86.1 Å². The molecule has 1 aromatic heterocycles. The molecule has 126 valence electrons. The van der Waals surface area contributed by atoms with Gasteiger partial charge >= 0.3 is 5.97 Å². The second-order valence-electron chi connectivity index (χ2n) is 5.73. The number of carbonyl (C=O) groups excluding carboxylic acids is 2. The Morgan fingerprint density at radius 3 is 2.79 bits per heavy atom. The Morgan fingerprint density at radius 1 is 1.38 bits per heavy atom. The summed E-state index contributed by atoms with van der Waals surface area (Å²) in [7, 11) is 0. The quantitative estimate of drug-likeness (QED) is 0.836. The van der Waals surface area contributed by atoms with E-state index in [1.165, 1.54) is 11.7 Å². The fraction of sp³-hybridized carbons (Fsp3) is 0.375. The summed E-state index contributed by atoms with van der Waals surface area (Å²) in [5.41, 5.74) is 1.11. The molecule has 1 N–H and O–H groups in total. The molecule has 7 nitrogen and oxygen atoms in total. The second-order valence-corrected chi connectivity index (χ2v) is 6.17. The van der Waals surface area contributed by atoms with Crippen molar-refractivity contribution in [3.8, 4) is 5.69 Å². The van der Waals surface area contributed by atoms with Gasteiger partial charge in [-0.25, -0.2) is 4.79 Å². The lowest BCUT2D eigenvalue weighted by Gasteiger charge is -2.12. The number of nitrogens with zero attached hydrogens (tertiary/aromatic N) is 3. The molecule has 1 saturated carbocycles. The minimum absolute atomic E-state index is 0.0704. The maximum absolute atomic E-state index is 12.2. The van der Waals surface area contributed by atoms with Gasteiger partial charge in [0, 0.05) is 11.1 Å². The van der Waals surface area contributed by atoms with E-state index in [-0.39, 0.29) is 17.6 Å². The van der Waals surface area contributed by atoms with E-state index in [2.05, 4.69) is 15.5 Å². The van der Waals surface area contributed by atoms with Crippen molar-refractivity contribution in [3.05, 3.63) is 40.7 Å². The third kappa shape index (κ3) is 3.73. The molecule has 1 aromatic carbocycles. The molecule has 0 radical (unpaired) electrons. The third-order valence-electron chi connectivity index (χ3n) is 3.59. The van der Waals surface area contributed by atoms with Crippen molar-refractivity contribution in [2.75, 3.05) is 0 Å². The second kappa shape index (κ2) is 6.60. The van der Waals surface area contributed by atoms with E-state index in [0.717, 1.165) is 12.8 Å². The van der Waals surface area contributed by atoms with Gasteiger partial charge in [-0.2, -0.15) is 9.90 Å². The normalized spacial score (nSPS) is 15.0. The molecule has 8 heteroatoms. The van der Waals surface area contributed by atoms with Gasteiger partial charge in [0.15, 0.2) is 11.8 Å². The average molecular weight is 349 g/mol. The van der Waals surface area contributed by atoms with Crippen LogP contribution < -0.4 is 5.32 Å². The van der Waals surface area contributed by atoms with Crippen molar-refractivity contribution < 1.29 is 14.3 Å². The Hall–Kier alpha value is -2.41. The molecule has 0 aliphatic heterocycles. The van der Waals surface area contributed by atoms with E-state index in [1.54, 1.807) is 31.2 Å². The lowest BCUT2D eigenvalue weighted by Crippen LogP contribution is -2.37. The predicted octanol–water partition coefficient (Wildman–Crippen LogP) is 2.05. The lowest BCUT2D eigenvalue weighted by molar-refractivity contribution is -0.129. The standard InChI is InChI=1S/C16H17ClN4O3/c1-9-14(16(23)24-10(2)15(22)18-12-6-7-12)20-21(19-9)13-5-3-4-11(17)8-13/h3-5,8,10,12H,6-7H2,1-2H3,(H,18,22)/t10-/m0/s1. The van der Waals surface area contributed by atoms with E-state index >= 15 is 0 Å². The average Bonchev–Trinajstić information content (AvgIpc) is 3.26. The molecule has 1 aliphatic rings. The monoisotopic (exact) mass is 348 g/mol. The summed E-state index contributed by atoms with van der Waals surface area (Å²) in [5.74, 6) is -0.982. The zero-order chi connectivity index (χ0) is 17.3. The van der Waals surface area contributed by atoms with E-state index in [0.29, 0.717) is 16.4 Å². The Bertz CT molecular complexity index is 785. The number of carbonyl (C=O) groups is 2. The first-order valence-electron chi connectivity index (χ1n) is 7.65. The molecule has 2 aromatic rings. The fourth-order valence-corrected chi connectivity index (χ4v) is 2.28. The number of aromatic nitrogens is 3. The predicted molar refractivity (Wildman–Crippen MR) is 87.1 cm³/mol. The molecular weight excluding hydrogens is 332 g/mol. The van der Waals surface area contributed by atoms with Crippen LogP contribution in [-0.2, 0) is 9.53 Å². The highest BCUT2D eigenvalue weighted by Crippen LogP contribution is 2.19. The zero-order valence-electron chi connectivity index (χ0n) is 13.3. The van der Waals surface area contributed by atoms with E-state index in [1.807, 2.05) is 0 Å². The number of nitrogens with one attached hydrogen (secondary N) is 1. The summed E-state index contributed by atoms with van der Waals surface area (Å²) in [5, 5.41) is 11.7. The fourth-order valence-electron chi connectivity index (χ4n) is 2.10. The summed E-state index contributed by atoms with van der Waals surface area (Å²) in [6.45, 7) is 3.19. The molecule has 0 bridgehead atoms. The summed E-state index contributed by atoms with van der Waals surface area (Å²) in [4.78, 5) is 25.4. The van der Waals surface area contributed by atoms with Crippen molar-refractivity contribution >= 4 is 23.5 Å². The highest BCUT2D eigenvalue weighted by Gasteiger charge is 2.28. The molecule has 1 fully saturated rings. The zero-order valence-corrected chi connectivity index (χ0v) is 14.1. The molecule has 0 unspecified atom stereocenters. The highest BCUT2D eigenvalue weighted by molar-refractivity contribution is 6.30. The number of benzene rings is 1. The molecule has 1 atom stereocenters. The molecule has 1 aliphatic carbocycles. The molecule has 0 spiro atoms. The summed E-state index contributed by atoms with van der Waals surface area (Å²) < 4.78 is 5.19. The Morgan fingerprint density at radius 2 is 2.12 bits per heavy atom. The van der Waals surface area contributed by atoms with Gasteiger partial charge in [-0.05, 0) is 44.9 Å². The number of esters is 1. The van der Waals surface area contributed by atoms with Gasteiger partial charge in [0.1, 0.15) is 0 Å². The highest BCUT2D eigenvalue weighted by atomic mass is 35.5. The maximum atomic E-state index is 12.2. The number of halogens is 1. The number of amides is 1. The van der Waals surface area contributed by atoms with Crippen molar-refractivity contribution in [1.82, 2.24) is 20.3 Å². The van der Waals surface area contributed by atoms with Gasteiger partial charge in [-0.1, -0.05) is 17.7 Å². The molecule has 1 amide bonds. The molecule has 3 rings (SSSR count). The Labute approximate surface area is 143 Å². The van der Waals surface area contributed by atoms with Crippen LogP contribution in [0.2, 0.25) is 5.02 Å². The van der Waals surface area contributed by atoms with Crippen LogP contribution in [0.3, 0.4) is 0 Å². The van der Waals surface area contributed by atoms with Crippen LogP contribution >= 0.6 is 11.6 Å². The van der Waals surface area contributed by atoms with E-state index in [9.17, 15) is 9.59 Å². The van der Waals surface area contributed by atoms with Crippen molar-refractivity contribution in [2.24, 2.45) is 0 Å². The number of ether oxygens (including phenoxy) is 1. The molecule has 0 saturated heterocycles. The van der Waals surface area contributed by atoms with Gasteiger partial charge < -0.3 is 10.1 Å². The first-order chi connectivity index (χ1) is 11.4. The minimum Gasteiger partial charge on any atom is -0.448 e. The summed E-state index contributed by atoms with van der Waals surface area (Å²) in [6, 6.07) is 7.16. The van der Waals surface area contributed by atoms with E-state index in [4.69, 9.17) is 16.3 Å². The van der Waals surface area contributed by atoms with Crippen LogP contribution in [0.5, 0.6) is 0 Å². The smallest absolute Gasteiger partial charge is 0.361 e. The number of aryl methyl sites for hydroxylation is 1. The molecule has 24 heavy (non-hydrogen) atoms. The third-order valence-corrected chi connectivity index (χ3v) is 3.83. The summed E-state index contributed by atoms with van der Waals surface area (Å²) >= 11 is 5.95. The number of rotatable bonds is 5. The maximum Gasteiger partial charge on any atom is 0.361 e. The summed E-state index contributed by atoms with van der Waals surface area (Å²) in [6.07, 6.45) is 1.06. The van der Waals surface area contributed by atoms with Crippen molar-refractivity contribution in [1.29, 1.82) is 0 Å². The number of hydrogen-bond donors (Lipinski definition) is 1. The Balaban J connectivity index is 1.72. The van der Waals surface area contributed by atoms with Crippen LogP contribution in [0.25, 0.3) is 5.69 Å². The van der Waals surface area contributed by atoms with Crippen LogP contribution in [0.15, 0.2) is 24.3 Å². The van der Waals surface area contributed by atoms with Gasteiger partial charge in [0.2, 0.25) is 0 Å². The van der Waals surface area contributed by atoms with Crippen molar-refractivity contribution in [2.45, 2.75) is 38.8 Å². The first-order valence-corrected chi connectivity index (χ1v) is 8.03. The van der Waals surface area contributed by atoms with Gasteiger partial charge in [-0.3, -0.25) is 4.79 Å². The van der Waals surface area contributed by atoms with Gasteiger partial charge in [0.05, 0.1) is 11.4 Å². The van der Waals surface area contributed by atoms with Crippen LogP contribution in [0, 0.1) is 6.92 Å². The van der Waals surface area contributed by atoms with Crippen LogP contribution in [0.4, 0.5) is 0 Å². The molecular formula is C16H17ClN4O3. The van der Waals surface area contributed by atoms with Gasteiger partial charge in [0.25, 0.3) is 5.91 Å².